The molecule has 518 valence electrons. The zero-order valence-electron chi connectivity index (χ0n) is 61.7. The first kappa shape index (κ1) is 64.3. The van der Waals surface area contributed by atoms with Gasteiger partial charge < -0.3 is 0 Å². The van der Waals surface area contributed by atoms with Crippen molar-refractivity contribution in [1.29, 1.82) is 0 Å². The highest BCUT2D eigenvalue weighted by Crippen LogP contribution is 2.66. The van der Waals surface area contributed by atoms with E-state index in [-0.39, 0.29) is 28.1 Å². The van der Waals surface area contributed by atoms with Crippen LogP contribution in [0.1, 0.15) is 169 Å². The van der Waals surface area contributed by atoms with E-state index in [2.05, 4.69) is 332 Å². The van der Waals surface area contributed by atoms with Crippen molar-refractivity contribution in [3.63, 3.8) is 0 Å². The fourth-order valence-corrected chi connectivity index (χ4v) is 19.8. The Balaban J connectivity index is 0.576. The Kier molecular flexibility index (Phi) is 14.6. The summed E-state index contributed by atoms with van der Waals surface area (Å²) in [5, 5.41) is 0. The molecule has 5 heteroatoms. The van der Waals surface area contributed by atoms with Gasteiger partial charge in [-0.05, 0) is 214 Å². The molecular formula is C103H81N5. The predicted molar refractivity (Wildman–Crippen MR) is 444 cm³/mol. The van der Waals surface area contributed by atoms with Crippen molar-refractivity contribution >= 4 is 28.4 Å². The molecule has 1 spiro atoms. The number of fused-ring (bicyclic) bond motifs is 15. The van der Waals surface area contributed by atoms with Crippen LogP contribution in [0.4, 0.5) is 0 Å². The van der Waals surface area contributed by atoms with Crippen LogP contribution in [0.25, 0.3) is 107 Å². The average Bonchev–Trinajstić information content (AvgIpc) is 1.51. The van der Waals surface area contributed by atoms with Crippen molar-refractivity contribution in [2.45, 2.75) is 113 Å². The lowest BCUT2D eigenvalue weighted by atomic mass is 9.64. The zero-order valence-corrected chi connectivity index (χ0v) is 61.7. The number of hydrogen-bond donors (Lipinski definition) is 0. The van der Waals surface area contributed by atoms with E-state index >= 15 is 0 Å². The summed E-state index contributed by atoms with van der Waals surface area (Å²) >= 11 is 0. The molecular weight excluding hydrogens is 1310 g/mol. The van der Waals surface area contributed by atoms with Crippen molar-refractivity contribution in [2.75, 3.05) is 0 Å². The lowest BCUT2D eigenvalue weighted by Gasteiger charge is -2.37. The molecule has 2 heterocycles. The van der Waals surface area contributed by atoms with Gasteiger partial charge in [0.1, 0.15) is 5.82 Å². The summed E-state index contributed by atoms with van der Waals surface area (Å²) in [5.41, 5.74) is 38.6. The second-order valence-electron chi connectivity index (χ2n) is 32.5. The smallest absolute Gasteiger partial charge is 0.163 e. The van der Waals surface area contributed by atoms with E-state index in [4.69, 9.17) is 24.9 Å². The first-order valence-electron chi connectivity index (χ1n) is 38.9. The van der Waals surface area contributed by atoms with Crippen LogP contribution in [0.2, 0.25) is 0 Å². The van der Waals surface area contributed by atoms with Gasteiger partial charge in [0.25, 0.3) is 0 Å². The van der Waals surface area contributed by atoms with Gasteiger partial charge in [-0.3, -0.25) is 0 Å². The van der Waals surface area contributed by atoms with Crippen LogP contribution in [-0.2, 0) is 28.1 Å². The maximum atomic E-state index is 5.60. The number of aryl methyl sites for hydroxylation is 1. The molecule has 0 radical (unpaired) electrons. The highest BCUT2D eigenvalue weighted by molar-refractivity contribution is 6.00. The number of nitrogens with zero attached hydrogens (tertiary/aromatic N) is 5. The molecule has 2 aromatic heterocycles. The Bertz CT molecular complexity index is 6160. The molecule has 4 atom stereocenters. The molecule has 21 rings (SSSR count). The SMILES string of the molecule is CC1(c2ccccc2)C=CC(c2cc(-c3ccc4c(c3)C3(C5=C(C=CCC5)c5ccccc53)C3=C4C=CC(c4ccc5c(c4)C(C)(C)c4cc(C6=CC[C@@H](c7nc(-c8ccccc8)nc(-c8ccc(-c9ccc%10c(c9)C(C)(C)c9ccccc9-%10)cc8)n7)C=C6)ccc4-5)C3)nc(-c3ccc4c(c3)CCC=C4)n2)=CC1. The van der Waals surface area contributed by atoms with Gasteiger partial charge in [-0.2, -0.15) is 0 Å². The first-order chi connectivity index (χ1) is 52.8. The van der Waals surface area contributed by atoms with E-state index in [1.807, 2.05) is 6.07 Å². The van der Waals surface area contributed by atoms with Crippen molar-refractivity contribution < 1.29 is 0 Å². The van der Waals surface area contributed by atoms with Gasteiger partial charge >= 0.3 is 0 Å². The van der Waals surface area contributed by atoms with Gasteiger partial charge in [0, 0.05) is 50.3 Å². The molecule has 3 unspecified atom stereocenters. The van der Waals surface area contributed by atoms with Crippen LogP contribution in [0, 0.1) is 0 Å². The summed E-state index contributed by atoms with van der Waals surface area (Å²) in [6.45, 7) is 11.9. The number of hydrogen-bond acceptors (Lipinski definition) is 5. The topological polar surface area (TPSA) is 64.5 Å². The van der Waals surface area contributed by atoms with E-state index in [9.17, 15) is 0 Å². The minimum absolute atomic E-state index is 0.0193. The van der Waals surface area contributed by atoms with Crippen LogP contribution in [-0.4, -0.2) is 24.9 Å². The molecule has 12 aromatic rings. The van der Waals surface area contributed by atoms with Gasteiger partial charge in [0.05, 0.1) is 16.8 Å². The number of aromatic nitrogens is 5. The Morgan fingerprint density at radius 3 is 1.72 bits per heavy atom. The fourth-order valence-electron chi connectivity index (χ4n) is 19.8. The summed E-state index contributed by atoms with van der Waals surface area (Å²) in [5.74, 6) is 3.06. The molecule has 10 aromatic carbocycles. The van der Waals surface area contributed by atoms with E-state index in [1.54, 1.807) is 0 Å². The molecule has 9 aliphatic rings. The van der Waals surface area contributed by atoms with Crippen LogP contribution < -0.4 is 0 Å². The van der Waals surface area contributed by atoms with Crippen LogP contribution >= 0.6 is 0 Å². The minimum atomic E-state index is -0.435. The zero-order chi connectivity index (χ0) is 72.2. The van der Waals surface area contributed by atoms with Gasteiger partial charge in [-0.15, -0.1) is 0 Å². The second kappa shape index (κ2) is 24.5. The lowest BCUT2D eigenvalue weighted by Crippen LogP contribution is -2.30. The monoisotopic (exact) mass is 1390 g/mol. The third kappa shape index (κ3) is 10.1. The summed E-state index contributed by atoms with van der Waals surface area (Å²) in [4.78, 5) is 26.7. The quantitative estimate of drug-likeness (QED) is 0.137. The maximum absolute atomic E-state index is 5.60. The number of allylic oxidation sites excluding steroid dienone is 17. The predicted octanol–water partition coefficient (Wildman–Crippen LogP) is 24.9. The molecule has 0 aliphatic heterocycles. The van der Waals surface area contributed by atoms with E-state index in [0.29, 0.717) is 11.6 Å². The Labute approximate surface area is 633 Å². The highest BCUT2D eigenvalue weighted by atomic mass is 15.0. The van der Waals surface area contributed by atoms with Crippen LogP contribution in [0.15, 0.2) is 309 Å². The molecule has 0 bridgehead atoms. The highest BCUT2D eigenvalue weighted by Gasteiger charge is 2.54. The third-order valence-electron chi connectivity index (χ3n) is 25.7. The van der Waals surface area contributed by atoms with Crippen LogP contribution in [0.3, 0.4) is 0 Å². The summed E-state index contributed by atoms with van der Waals surface area (Å²) in [6.07, 6.45) is 35.1. The molecule has 5 nitrogen and oxygen atoms in total. The van der Waals surface area contributed by atoms with Gasteiger partial charge in [-0.1, -0.05) is 308 Å². The number of rotatable bonds is 10. The summed E-state index contributed by atoms with van der Waals surface area (Å²) in [7, 11) is 0. The third-order valence-corrected chi connectivity index (χ3v) is 25.7. The van der Waals surface area contributed by atoms with E-state index in [0.717, 1.165) is 95.8 Å². The van der Waals surface area contributed by atoms with Gasteiger partial charge in [0.15, 0.2) is 17.5 Å². The molecule has 0 saturated heterocycles. The largest absolute Gasteiger partial charge is 0.228 e. The van der Waals surface area contributed by atoms with Crippen molar-refractivity contribution in [3.8, 4) is 78.8 Å². The Morgan fingerprint density at radius 1 is 0.361 bits per heavy atom. The second-order valence-corrected chi connectivity index (χ2v) is 32.5. The van der Waals surface area contributed by atoms with Crippen molar-refractivity contribution in [3.05, 3.63) is 392 Å². The first-order valence-corrected chi connectivity index (χ1v) is 38.9. The molecule has 0 N–H and O–H groups in total. The molecule has 0 fully saturated rings. The summed E-state index contributed by atoms with van der Waals surface area (Å²) < 4.78 is 0. The van der Waals surface area contributed by atoms with Crippen LogP contribution in [0.5, 0.6) is 0 Å². The Morgan fingerprint density at radius 2 is 0.944 bits per heavy atom. The number of benzene rings is 10. The van der Waals surface area contributed by atoms with Gasteiger partial charge in [-0.25, -0.2) is 24.9 Å². The summed E-state index contributed by atoms with van der Waals surface area (Å²) in [6, 6.07) is 86.2. The molecule has 108 heavy (non-hydrogen) atoms. The van der Waals surface area contributed by atoms with Crippen molar-refractivity contribution in [1.82, 2.24) is 24.9 Å². The molecule has 0 saturated carbocycles. The average molecular weight is 1390 g/mol. The van der Waals surface area contributed by atoms with Gasteiger partial charge in [0.2, 0.25) is 0 Å². The Hall–Kier alpha value is -12.1. The standard InChI is InChI=1S/C103H81N5/c1-100(2)86-29-17-14-26-78(86)81-47-42-71(57-89(81)100)64-32-37-68(38-33-64)97-106-96(67-21-8-6-9-22-67)107-98(108-97)69-39-34-65(35-40-69)72-43-48-82-83-49-44-73(59-91(83)101(3,4)90(82)58-72)74-45-50-84-85-51-46-75(61-93(85)103(92(84)60-74)87-30-18-15-27-79(87)80-28-16-19-31-88(80)103)95-62-94(66-52-54-102(5,55-53-66)77-24-10-7-11-25-77)104-99(105-95)76-41-36-63-20-12-13-23-70(63)56-76/h6-12,14-18,20-22,24-30,32-39,41-54,56-59,61-62,69,74H,13,19,23,31,40,55,60H2,1-5H3/t69-,74?,102?,103?/m0/s1. The maximum Gasteiger partial charge on any atom is 0.163 e. The van der Waals surface area contributed by atoms with Crippen molar-refractivity contribution in [2.24, 2.45) is 0 Å². The lowest BCUT2D eigenvalue weighted by molar-refractivity contribution is 0.601. The fraction of sp³-hybridized carbons (Fsp3) is 0.175. The molecule has 0 amide bonds. The van der Waals surface area contributed by atoms with E-state index < -0.39 is 5.41 Å². The minimum Gasteiger partial charge on any atom is -0.228 e. The normalized spacial score (nSPS) is 20.8. The molecule has 9 aliphatic carbocycles. The van der Waals surface area contributed by atoms with E-state index in [1.165, 1.54) is 134 Å².